The van der Waals surface area contributed by atoms with Gasteiger partial charge in [-0.15, -0.1) is 19.0 Å². The second kappa shape index (κ2) is 19.3. The molecule has 0 unspecified atom stereocenters. The number of nitrogens with one attached hydrogen (secondary N) is 1. The van der Waals surface area contributed by atoms with Gasteiger partial charge in [-0.05, 0) is 57.3 Å². The van der Waals surface area contributed by atoms with Crippen molar-refractivity contribution in [3.8, 4) is 0 Å². The maximum absolute atomic E-state index is 13.1. The molecule has 0 saturated carbocycles. The second-order valence-corrected chi connectivity index (χ2v) is 8.52. The topological polar surface area (TPSA) is 61.3 Å². The number of carbonyl (C=O) groups excluding carboxylic acids is 1. The molecule has 3 rings (SSSR count). The van der Waals surface area contributed by atoms with Crippen molar-refractivity contribution in [2.75, 3.05) is 33.2 Å². The van der Waals surface area contributed by atoms with Crippen LogP contribution in [-0.4, -0.2) is 58.5 Å². The van der Waals surface area contributed by atoms with Crippen LogP contribution < -0.4 is 5.56 Å². The number of hydrogen-bond acceptors (Lipinski definition) is 3. The zero-order valence-corrected chi connectivity index (χ0v) is 23.7. The molecular weight excluding hydrogens is 484 g/mol. The number of halogens is 1. The molecule has 1 amide bonds. The molecule has 0 radical (unpaired) electrons. The van der Waals surface area contributed by atoms with Crippen molar-refractivity contribution >= 4 is 29.2 Å². The van der Waals surface area contributed by atoms with E-state index in [9.17, 15) is 9.59 Å². The number of fused-ring (bicyclic) bond motifs is 1. The van der Waals surface area contributed by atoms with E-state index in [1.807, 2.05) is 40.8 Å². The molecule has 37 heavy (non-hydrogen) atoms. The second-order valence-electron chi connectivity index (χ2n) is 8.52. The van der Waals surface area contributed by atoms with E-state index in [2.05, 4.69) is 41.3 Å². The van der Waals surface area contributed by atoms with Gasteiger partial charge in [-0.3, -0.25) is 14.5 Å². The van der Waals surface area contributed by atoms with Crippen molar-refractivity contribution in [2.45, 2.75) is 48.0 Å². The van der Waals surface area contributed by atoms with Gasteiger partial charge in [0, 0.05) is 46.4 Å². The van der Waals surface area contributed by atoms with Crippen molar-refractivity contribution in [3.63, 3.8) is 0 Å². The first-order chi connectivity index (χ1) is 16.9. The molecule has 210 valence electrons. The molecule has 0 aliphatic carbocycles. The molecule has 1 saturated heterocycles. The van der Waals surface area contributed by atoms with E-state index in [-0.39, 0.29) is 32.7 Å². The fraction of sp³-hybridized carbons (Fsp3) is 0.467. The highest BCUT2D eigenvalue weighted by Gasteiger charge is 2.24. The van der Waals surface area contributed by atoms with Crippen molar-refractivity contribution in [2.24, 2.45) is 13.0 Å². The molecule has 3 heterocycles. The Bertz CT molecular complexity index is 1080. The number of pyridine rings is 1. The summed E-state index contributed by atoms with van der Waals surface area (Å²) in [6.45, 7) is 18.8. The molecule has 1 aliphatic heterocycles. The normalized spacial score (nSPS) is 13.8. The number of aromatic nitrogens is 2. The maximum Gasteiger partial charge on any atom is 0.274 e. The van der Waals surface area contributed by atoms with Crippen LogP contribution in [0.5, 0.6) is 0 Å². The van der Waals surface area contributed by atoms with Crippen LogP contribution in [0.3, 0.4) is 0 Å². The summed E-state index contributed by atoms with van der Waals surface area (Å²) in [7, 11) is 3.53. The number of amides is 1. The Hall–Kier alpha value is -2.83. The number of hydrogen-bond donors (Lipinski definition) is 1. The standard InChI is InChI=1S/C24H32N4O2.C3H6.C2H6.CH4.ClH.H2/c1-5-7-18(8-6-2)16-28-13-10-19(11-14-28)15-26(3)23(29)21-17-27(4)24(30)22-20(21)9-12-25-22;1-3-2;1-2;;;/h5-9,12,17,19,25H,1,10-11,13-16H2,2-4H3;3H,1H2,2H3;1-2H3;1H4;2*1H/b8-6-,18-7+;;;;;. The fourth-order valence-corrected chi connectivity index (χ4v) is 4.23. The summed E-state index contributed by atoms with van der Waals surface area (Å²) in [5.41, 5.74) is 2.20. The Morgan fingerprint density at radius 2 is 1.84 bits per heavy atom. The number of allylic oxidation sites excluding steroid dienone is 4. The summed E-state index contributed by atoms with van der Waals surface area (Å²) in [5, 5.41) is 0.690. The molecule has 1 N–H and O–H groups in total. The van der Waals surface area contributed by atoms with Crippen LogP contribution in [0.1, 0.15) is 59.7 Å². The van der Waals surface area contributed by atoms with E-state index in [0.717, 1.165) is 39.0 Å². The lowest BCUT2D eigenvalue weighted by molar-refractivity contribution is 0.0744. The monoisotopic (exact) mass is 534 g/mol. The fourth-order valence-electron chi connectivity index (χ4n) is 4.23. The Balaban J connectivity index is -0.00000143. The van der Waals surface area contributed by atoms with Crippen LogP contribution in [0.15, 0.2) is 72.4 Å². The summed E-state index contributed by atoms with van der Waals surface area (Å²) >= 11 is 0. The van der Waals surface area contributed by atoms with Gasteiger partial charge in [0.05, 0.1) is 5.56 Å². The third-order valence-electron chi connectivity index (χ3n) is 5.83. The Kier molecular flexibility index (Phi) is 19.0. The predicted molar refractivity (Wildman–Crippen MR) is 166 cm³/mol. The number of likely N-dealkylation sites (tertiary alicyclic amines) is 1. The zero-order chi connectivity index (χ0) is 26.4. The number of nitrogens with zero attached hydrogens (tertiary/aromatic N) is 3. The van der Waals surface area contributed by atoms with Crippen LogP contribution in [0.4, 0.5) is 0 Å². The molecule has 1 fully saturated rings. The van der Waals surface area contributed by atoms with Gasteiger partial charge in [0.15, 0.2) is 0 Å². The van der Waals surface area contributed by atoms with Crippen LogP contribution in [0.25, 0.3) is 10.9 Å². The average Bonchev–Trinajstić information content (AvgIpc) is 3.35. The summed E-state index contributed by atoms with van der Waals surface area (Å²) < 4.78 is 1.47. The molecule has 0 aromatic carbocycles. The van der Waals surface area contributed by atoms with Gasteiger partial charge in [-0.2, -0.15) is 0 Å². The van der Waals surface area contributed by atoms with Gasteiger partial charge in [0.2, 0.25) is 0 Å². The highest BCUT2D eigenvalue weighted by Crippen LogP contribution is 2.21. The van der Waals surface area contributed by atoms with Crippen LogP contribution in [0.2, 0.25) is 0 Å². The number of H-pyrrole nitrogens is 1. The molecule has 0 bridgehead atoms. The summed E-state index contributed by atoms with van der Waals surface area (Å²) in [6, 6.07) is 1.80. The van der Waals surface area contributed by atoms with E-state index >= 15 is 0 Å². The summed E-state index contributed by atoms with van der Waals surface area (Å²) in [5.74, 6) is 0.444. The summed E-state index contributed by atoms with van der Waals surface area (Å²) in [4.78, 5) is 32.6. The van der Waals surface area contributed by atoms with Gasteiger partial charge in [0.1, 0.15) is 5.52 Å². The van der Waals surface area contributed by atoms with Crippen molar-refractivity contribution < 1.29 is 6.22 Å². The van der Waals surface area contributed by atoms with Gasteiger partial charge in [-0.25, -0.2) is 0 Å². The highest BCUT2D eigenvalue weighted by atomic mass is 35.5. The van der Waals surface area contributed by atoms with Crippen LogP contribution in [0, 0.1) is 5.92 Å². The lowest BCUT2D eigenvalue weighted by Crippen LogP contribution is -2.40. The quantitative estimate of drug-likeness (QED) is 0.311. The first-order valence-electron chi connectivity index (χ1n) is 12.5. The van der Waals surface area contributed by atoms with E-state index < -0.39 is 0 Å². The number of rotatable bonds is 7. The summed E-state index contributed by atoms with van der Waals surface area (Å²) in [6.07, 6.45) is 15.3. The highest BCUT2D eigenvalue weighted by molar-refractivity contribution is 6.05. The van der Waals surface area contributed by atoms with Gasteiger partial charge >= 0.3 is 0 Å². The van der Waals surface area contributed by atoms with E-state index in [1.165, 1.54) is 10.1 Å². The number of aromatic amines is 1. The van der Waals surface area contributed by atoms with Gasteiger partial charge in [-0.1, -0.05) is 58.2 Å². The predicted octanol–water partition coefficient (Wildman–Crippen LogP) is 6.86. The minimum atomic E-state index is -0.121. The average molecular weight is 535 g/mol. The Labute approximate surface area is 232 Å². The third-order valence-corrected chi connectivity index (χ3v) is 5.83. The van der Waals surface area contributed by atoms with E-state index in [1.54, 1.807) is 36.5 Å². The number of piperidine rings is 1. The SMILES string of the molecule is C.C=C/C=C(\C=C/C)CN1CCC(CN(C)C(=O)c2cn(C)c(=O)c3[nH]ccc23)CC1.C=CC.CC.Cl.[HH]. The molecule has 0 atom stereocenters. The molecule has 2 aromatic rings. The minimum Gasteiger partial charge on any atom is -0.357 e. The molecule has 7 heteroatoms. The molecule has 6 nitrogen and oxygen atoms in total. The Morgan fingerprint density at radius 3 is 2.38 bits per heavy atom. The largest absolute Gasteiger partial charge is 0.357 e. The Morgan fingerprint density at radius 1 is 1.24 bits per heavy atom. The molecule has 1 aliphatic rings. The van der Waals surface area contributed by atoms with Crippen molar-refractivity contribution in [1.82, 2.24) is 19.4 Å². The van der Waals surface area contributed by atoms with Crippen molar-refractivity contribution in [1.29, 1.82) is 0 Å². The van der Waals surface area contributed by atoms with Crippen LogP contribution in [-0.2, 0) is 7.05 Å². The first-order valence-corrected chi connectivity index (χ1v) is 12.5. The van der Waals surface area contributed by atoms with Gasteiger partial charge in [0.25, 0.3) is 11.5 Å². The molecule has 0 spiro atoms. The number of carbonyl (C=O) groups is 1. The van der Waals surface area contributed by atoms with Crippen molar-refractivity contribution in [3.05, 3.63) is 83.5 Å². The lowest BCUT2D eigenvalue weighted by atomic mass is 9.95. The minimum absolute atomic E-state index is 0. The smallest absolute Gasteiger partial charge is 0.274 e. The van der Waals surface area contributed by atoms with E-state index in [4.69, 9.17) is 0 Å². The van der Waals surface area contributed by atoms with Gasteiger partial charge < -0.3 is 14.5 Å². The van der Waals surface area contributed by atoms with Crippen LogP contribution >= 0.6 is 12.4 Å². The van der Waals surface area contributed by atoms with E-state index in [0.29, 0.717) is 22.4 Å². The molecular formula is C30H51ClN4O2. The first kappa shape index (κ1) is 36.3. The third kappa shape index (κ3) is 10.6. The zero-order valence-electron chi connectivity index (χ0n) is 22.9. The maximum atomic E-state index is 13.1. The number of aryl methyl sites for hydroxylation is 1. The lowest BCUT2D eigenvalue weighted by Gasteiger charge is -2.34. The molecule has 2 aromatic heterocycles.